The first-order chi connectivity index (χ1) is 12.9. The van der Waals surface area contributed by atoms with Crippen LogP contribution in [0.5, 0.6) is 0 Å². The molecule has 0 unspecified atom stereocenters. The van der Waals surface area contributed by atoms with Crippen molar-refractivity contribution in [3.8, 4) is 0 Å². The molecule has 0 bridgehead atoms. The van der Waals surface area contributed by atoms with E-state index in [1.807, 2.05) is 46.8 Å². The largest absolute Gasteiger partial charge is 0.395 e. The quantitative estimate of drug-likeness (QED) is 0.703. The number of benzene rings is 1. The van der Waals surface area contributed by atoms with E-state index in [2.05, 4.69) is 9.69 Å². The van der Waals surface area contributed by atoms with Crippen molar-refractivity contribution < 1.29 is 14.4 Å². The summed E-state index contributed by atoms with van der Waals surface area (Å²) in [6.45, 7) is 9.16. The molecule has 0 fully saturated rings. The third kappa shape index (κ3) is 4.86. The Kier molecular flexibility index (Phi) is 6.08. The molecule has 0 saturated carbocycles. The van der Waals surface area contributed by atoms with Crippen molar-refractivity contribution in [1.82, 2.24) is 9.69 Å². The van der Waals surface area contributed by atoms with E-state index in [9.17, 15) is 14.4 Å². The van der Waals surface area contributed by atoms with Crippen molar-refractivity contribution in [3.05, 3.63) is 39.9 Å². The van der Waals surface area contributed by atoms with Gasteiger partial charge in [0.1, 0.15) is 11.4 Å². The number of nitrogens with two attached hydrogens (primary N) is 2. The van der Waals surface area contributed by atoms with E-state index in [1.165, 1.54) is 4.90 Å². The minimum atomic E-state index is -0.809. The van der Waals surface area contributed by atoms with Gasteiger partial charge in [-0.05, 0) is 57.8 Å². The van der Waals surface area contributed by atoms with Crippen LogP contribution in [0.3, 0.4) is 0 Å². The molecule has 5 N–H and O–H groups in total. The predicted molar refractivity (Wildman–Crippen MR) is 111 cm³/mol. The van der Waals surface area contributed by atoms with E-state index in [0.29, 0.717) is 5.69 Å². The maximum Gasteiger partial charge on any atom is 0.272 e. The van der Waals surface area contributed by atoms with E-state index in [1.54, 1.807) is 6.07 Å². The van der Waals surface area contributed by atoms with Crippen LogP contribution in [0, 0.1) is 13.8 Å². The van der Waals surface area contributed by atoms with Crippen LogP contribution in [-0.2, 0) is 4.79 Å². The maximum absolute atomic E-state index is 13.2. The highest BCUT2D eigenvalue weighted by Crippen LogP contribution is 2.28. The lowest BCUT2D eigenvalue weighted by atomic mass is 10.1. The second-order valence-electron chi connectivity index (χ2n) is 7.62. The molecule has 0 spiro atoms. The Bertz CT molecular complexity index is 930. The highest BCUT2D eigenvalue weighted by Gasteiger charge is 2.29. The van der Waals surface area contributed by atoms with Gasteiger partial charge in [-0.1, -0.05) is 17.7 Å². The van der Waals surface area contributed by atoms with Gasteiger partial charge >= 0.3 is 0 Å². The van der Waals surface area contributed by atoms with Crippen LogP contribution in [0.2, 0.25) is 0 Å². The molecule has 1 aromatic carbocycles. The van der Waals surface area contributed by atoms with Crippen molar-refractivity contribution in [2.45, 2.75) is 40.2 Å². The van der Waals surface area contributed by atoms with Gasteiger partial charge in [-0.3, -0.25) is 19.3 Å². The number of nitrogen functional groups attached to an aromatic ring is 1. The molecule has 150 valence electrons. The number of rotatable bonds is 5. The van der Waals surface area contributed by atoms with E-state index < -0.39 is 17.4 Å². The zero-order chi connectivity index (χ0) is 21.2. The lowest BCUT2D eigenvalue weighted by molar-refractivity contribution is -0.121. The van der Waals surface area contributed by atoms with Crippen LogP contribution < -0.4 is 21.7 Å². The lowest BCUT2D eigenvalue weighted by Gasteiger charge is -2.27. The molecule has 28 heavy (non-hydrogen) atoms. The third-order valence-electron chi connectivity index (χ3n) is 3.86. The molecule has 1 aromatic heterocycles. The smallest absolute Gasteiger partial charge is 0.272 e. The molecule has 0 aliphatic heterocycles. The molecule has 9 heteroatoms. The Morgan fingerprint density at radius 2 is 1.86 bits per heavy atom. The molecular formula is C19H25N5O3S. The molecule has 2 rings (SSSR count). The van der Waals surface area contributed by atoms with Crippen molar-refractivity contribution in [1.29, 1.82) is 0 Å². The van der Waals surface area contributed by atoms with Crippen LogP contribution in [0.25, 0.3) is 0 Å². The number of aromatic nitrogens is 1. The first-order valence-corrected chi connectivity index (χ1v) is 9.43. The summed E-state index contributed by atoms with van der Waals surface area (Å²) in [6.07, 6.45) is 0. The SMILES string of the molecule is Cc1ccc(N(CC(=O)NC(C)(C)C)C(=O)c2snc(C(N)=O)c2N)c(C)c1. The van der Waals surface area contributed by atoms with Crippen LogP contribution >= 0.6 is 11.5 Å². The molecule has 0 saturated heterocycles. The van der Waals surface area contributed by atoms with Crippen molar-refractivity contribution in [2.75, 3.05) is 17.2 Å². The molecule has 0 aliphatic rings. The van der Waals surface area contributed by atoms with Gasteiger partial charge in [0.2, 0.25) is 5.91 Å². The van der Waals surface area contributed by atoms with Crippen molar-refractivity contribution >= 4 is 40.6 Å². The highest BCUT2D eigenvalue weighted by atomic mass is 32.1. The Labute approximate surface area is 168 Å². The van der Waals surface area contributed by atoms with Crippen LogP contribution in [0.4, 0.5) is 11.4 Å². The minimum Gasteiger partial charge on any atom is -0.395 e. The number of nitrogens with one attached hydrogen (secondary N) is 1. The van der Waals surface area contributed by atoms with Gasteiger partial charge in [-0.15, -0.1) is 0 Å². The topological polar surface area (TPSA) is 131 Å². The molecule has 0 atom stereocenters. The van der Waals surface area contributed by atoms with E-state index in [0.717, 1.165) is 22.7 Å². The number of carbonyl (C=O) groups is 3. The number of aryl methyl sites for hydroxylation is 2. The Hall–Kier alpha value is -2.94. The fourth-order valence-electron chi connectivity index (χ4n) is 2.73. The Morgan fingerprint density at radius 1 is 1.21 bits per heavy atom. The summed E-state index contributed by atoms with van der Waals surface area (Å²) in [5.41, 5.74) is 12.9. The lowest BCUT2D eigenvalue weighted by Crippen LogP contribution is -2.47. The summed E-state index contributed by atoms with van der Waals surface area (Å²) >= 11 is 0.786. The summed E-state index contributed by atoms with van der Waals surface area (Å²) in [5, 5.41) is 2.84. The van der Waals surface area contributed by atoms with Gasteiger partial charge in [0.25, 0.3) is 11.8 Å². The average molecular weight is 404 g/mol. The first-order valence-electron chi connectivity index (χ1n) is 8.66. The summed E-state index contributed by atoms with van der Waals surface area (Å²) in [6, 6.07) is 5.55. The van der Waals surface area contributed by atoms with Gasteiger partial charge in [0, 0.05) is 11.2 Å². The number of carbonyl (C=O) groups excluding carboxylic acids is 3. The molecule has 0 aliphatic carbocycles. The van der Waals surface area contributed by atoms with Gasteiger partial charge < -0.3 is 16.8 Å². The van der Waals surface area contributed by atoms with E-state index in [4.69, 9.17) is 11.5 Å². The summed E-state index contributed by atoms with van der Waals surface area (Å²) in [7, 11) is 0. The minimum absolute atomic E-state index is 0.0670. The molecule has 3 amide bonds. The zero-order valence-corrected chi connectivity index (χ0v) is 17.4. The van der Waals surface area contributed by atoms with Crippen LogP contribution in [-0.4, -0.2) is 34.2 Å². The fraction of sp³-hybridized carbons (Fsp3) is 0.368. The Morgan fingerprint density at radius 3 is 2.36 bits per heavy atom. The summed E-state index contributed by atoms with van der Waals surface area (Å²) in [5.74, 6) is -1.64. The van der Waals surface area contributed by atoms with Crippen molar-refractivity contribution in [3.63, 3.8) is 0 Å². The molecule has 1 heterocycles. The number of hydrogen-bond acceptors (Lipinski definition) is 6. The Balaban J connectivity index is 2.47. The summed E-state index contributed by atoms with van der Waals surface area (Å²) < 4.78 is 3.88. The molecular weight excluding hydrogens is 378 g/mol. The average Bonchev–Trinajstić information content (AvgIpc) is 2.92. The molecule has 8 nitrogen and oxygen atoms in total. The number of anilines is 2. The molecule has 2 aromatic rings. The monoisotopic (exact) mass is 403 g/mol. The van der Waals surface area contributed by atoms with E-state index >= 15 is 0 Å². The van der Waals surface area contributed by atoms with Crippen LogP contribution in [0.1, 0.15) is 52.1 Å². The van der Waals surface area contributed by atoms with Crippen molar-refractivity contribution in [2.24, 2.45) is 5.73 Å². The van der Waals surface area contributed by atoms with Crippen LogP contribution in [0.15, 0.2) is 18.2 Å². The molecule has 0 radical (unpaired) electrons. The number of nitrogens with zero attached hydrogens (tertiary/aromatic N) is 2. The second-order valence-corrected chi connectivity index (χ2v) is 8.39. The van der Waals surface area contributed by atoms with Gasteiger partial charge in [0.15, 0.2) is 5.69 Å². The standard InChI is InChI=1S/C19H25N5O3S/c1-10-6-7-12(11(2)8-10)24(9-13(25)22-19(3,4)5)18(27)16-14(20)15(17(21)26)23-28-16/h6-8H,9,20H2,1-5H3,(H2,21,26)(H,22,25). The van der Waals surface area contributed by atoms with Gasteiger partial charge in [0.05, 0.1) is 5.69 Å². The second kappa shape index (κ2) is 7.97. The predicted octanol–water partition coefficient (Wildman–Crippen LogP) is 2.00. The van der Waals surface area contributed by atoms with Gasteiger partial charge in [-0.25, -0.2) is 0 Å². The van der Waals surface area contributed by atoms with Gasteiger partial charge in [-0.2, -0.15) is 4.37 Å². The maximum atomic E-state index is 13.2. The number of amides is 3. The number of primary amides is 1. The number of hydrogen-bond donors (Lipinski definition) is 3. The zero-order valence-electron chi connectivity index (χ0n) is 16.6. The highest BCUT2D eigenvalue weighted by molar-refractivity contribution is 7.09. The fourth-order valence-corrected chi connectivity index (χ4v) is 3.48. The first kappa shape index (κ1) is 21.4. The normalized spacial score (nSPS) is 11.2. The third-order valence-corrected chi connectivity index (χ3v) is 4.71. The summed E-state index contributed by atoms with van der Waals surface area (Å²) in [4.78, 5) is 38.6. The van der Waals surface area contributed by atoms with E-state index in [-0.39, 0.29) is 28.7 Å².